The fraction of sp³-hybridized carbons (Fsp3) is 0.478. The van der Waals surface area contributed by atoms with Crippen LogP contribution in [0.2, 0.25) is 5.02 Å². The summed E-state index contributed by atoms with van der Waals surface area (Å²) in [5.41, 5.74) is 3.91. The third kappa shape index (κ3) is 4.46. The van der Waals surface area contributed by atoms with E-state index in [1.165, 1.54) is 68.2 Å². The Morgan fingerprint density at radius 1 is 0.920 bits per heavy atom. The molecule has 132 valence electrons. The molecule has 2 aliphatic rings. The summed E-state index contributed by atoms with van der Waals surface area (Å²) in [6.45, 7) is 1.20. The monoisotopic (exact) mass is 353 g/mol. The van der Waals surface area contributed by atoms with E-state index in [0.717, 1.165) is 10.9 Å². The molecule has 2 aliphatic carbocycles. The number of halogens is 1. The third-order valence-electron chi connectivity index (χ3n) is 5.97. The average Bonchev–Trinajstić information content (AvgIpc) is 3.42. The highest BCUT2D eigenvalue weighted by Gasteiger charge is 2.37. The lowest BCUT2D eigenvalue weighted by molar-refractivity contribution is 0.333. The first-order chi connectivity index (χ1) is 12.3. The SMILES string of the molecule is Clc1cccc(-c2ccc([C@@H]3C[C@H]3NCCC3CCCCC3)cc2)c1. The number of nitrogens with one attached hydrogen (secondary N) is 1. The van der Waals surface area contributed by atoms with Crippen molar-refractivity contribution < 1.29 is 0 Å². The fourth-order valence-corrected chi connectivity index (χ4v) is 4.52. The van der Waals surface area contributed by atoms with Gasteiger partial charge in [0.15, 0.2) is 0 Å². The van der Waals surface area contributed by atoms with Crippen molar-refractivity contribution in [3.8, 4) is 11.1 Å². The molecule has 0 aliphatic heterocycles. The van der Waals surface area contributed by atoms with Gasteiger partial charge in [0.1, 0.15) is 0 Å². The van der Waals surface area contributed by atoms with E-state index in [4.69, 9.17) is 11.6 Å². The Balaban J connectivity index is 1.27. The molecule has 0 saturated heterocycles. The molecule has 0 radical (unpaired) electrons. The van der Waals surface area contributed by atoms with Gasteiger partial charge < -0.3 is 5.32 Å². The van der Waals surface area contributed by atoms with Crippen LogP contribution in [0, 0.1) is 5.92 Å². The smallest absolute Gasteiger partial charge is 0.0412 e. The average molecular weight is 354 g/mol. The van der Waals surface area contributed by atoms with Crippen molar-refractivity contribution in [2.75, 3.05) is 6.54 Å². The normalized spacial score (nSPS) is 23.6. The van der Waals surface area contributed by atoms with Gasteiger partial charge in [-0.15, -0.1) is 0 Å². The Hall–Kier alpha value is -1.31. The molecule has 0 aromatic heterocycles. The molecular weight excluding hydrogens is 326 g/mol. The Morgan fingerprint density at radius 3 is 2.48 bits per heavy atom. The minimum atomic E-state index is 0.695. The minimum absolute atomic E-state index is 0.695. The van der Waals surface area contributed by atoms with Crippen LogP contribution in [0.15, 0.2) is 48.5 Å². The summed E-state index contributed by atoms with van der Waals surface area (Å²) in [5.74, 6) is 1.69. The molecule has 0 bridgehead atoms. The highest BCUT2D eigenvalue weighted by molar-refractivity contribution is 6.30. The van der Waals surface area contributed by atoms with Gasteiger partial charge in [-0.05, 0) is 54.1 Å². The Kier molecular flexibility index (Phi) is 5.43. The van der Waals surface area contributed by atoms with Crippen molar-refractivity contribution in [2.45, 2.75) is 56.9 Å². The molecule has 2 saturated carbocycles. The Bertz CT molecular complexity index is 687. The van der Waals surface area contributed by atoms with Crippen LogP contribution in [0.1, 0.15) is 56.4 Å². The van der Waals surface area contributed by atoms with E-state index in [2.05, 4.69) is 35.6 Å². The summed E-state index contributed by atoms with van der Waals surface area (Å²) < 4.78 is 0. The van der Waals surface area contributed by atoms with Crippen LogP contribution < -0.4 is 5.32 Å². The van der Waals surface area contributed by atoms with Crippen LogP contribution in [0.25, 0.3) is 11.1 Å². The molecule has 2 fully saturated rings. The van der Waals surface area contributed by atoms with Crippen LogP contribution in [-0.4, -0.2) is 12.6 Å². The van der Waals surface area contributed by atoms with Crippen molar-refractivity contribution in [3.63, 3.8) is 0 Å². The van der Waals surface area contributed by atoms with E-state index in [9.17, 15) is 0 Å². The molecule has 0 spiro atoms. The zero-order valence-electron chi connectivity index (χ0n) is 14.9. The maximum Gasteiger partial charge on any atom is 0.0412 e. The lowest BCUT2D eigenvalue weighted by Crippen LogP contribution is -2.22. The van der Waals surface area contributed by atoms with Gasteiger partial charge in [0.25, 0.3) is 0 Å². The summed E-state index contributed by atoms with van der Waals surface area (Å²) in [4.78, 5) is 0. The molecule has 2 heteroatoms. The van der Waals surface area contributed by atoms with Gasteiger partial charge in [0.05, 0.1) is 0 Å². The number of benzene rings is 2. The highest BCUT2D eigenvalue weighted by atomic mass is 35.5. The number of rotatable bonds is 6. The second-order valence-corrected chi connectivity index (χ2v) is 8.26. The van der Waals surface area contributed by atoms with Gasteiger partial charge in [-0.1, -0.05) is 80.1 Å². The molecule has 0 amide bonds. The minimum Gasteiger partial charge on any atom is -0.313 e. The van der Waals surface area contributed by atoms with Crippen molar-refractivity contribution in [1.29, 1.82) is 0 Å². The molecule has 4 rings (SSSR count). The summed E-state index contributed by atoms with van der Waals surface area (Å²) in [6, 6.07) is 17.8. The van der Waals surface area contributed by atoms with E-state index >= 15 is 0 Å². The highest BCUT2D eigenvalue weighted by Crippen LogP contribution is 2.41. The maximum absolute atomic E-state index is 6.10. The van der Waals surface area contributed by atoms with Gasteiger partial charge in [-0.25, -0.2) is 0 Å². The number of hydrogen-bond acceptors (Lipinski definition) is 1. The lowest BCUT2D eigenvalue weighted by Gasteiger charge is -2.21. The van der Waals surface area contributed by atoms with Crippen LogP contribution in [0.5, 0.6) is 0 Å². The topological polar surface area (TPSA) is 12.0 Å². The predicted octanol–water partition coefficient (Wildman–Crippen LogP) is 6.42. The maximum atomic E-state index is 6.10. The first-order valence-electron chi connectivity index (χ1n) is 9.89. The van der Waals surface area contributed by atoms with E-state index in [-0.39, 0.29) is 0 Å². The quantitative estimate of drug-likeness (QED) is 0.631. The second kappa shape index (κ2) is 7.93. The summed E-state index contributed by atoms with van der Waals surface area (Å²) in [7, 11) is 0. The molecule has 2 aromatic carbocycles. The van der Waals surface area contributed by atoms with Crippen molar-refractivity contribution in [1.82, 2.24) is 5.32 Å². The molecular formula is C23H28ClN. The fourth-order valence-electron chi connectivity index (χ4n) is 4.33. The largest absolute Gasteiger partial charge is 0.313 e. The van der Waals surface area contributed by atoms with Gasteiger partial charge in [0, 0.05) is 17.0 Å². The lowest BCUT2D eigenvalue weighted by atomic mass is 9.87. The standard InChI is InChI=1S/C23H28ClN/c24-21-8-4-7-20(15-21)18-9-11-19(12-10-18)22-16-23(22)25-14-13-17-5-2-1-3-6-17/h4,7-12,15,17,22-23,25H,1-3,5-6,13-14,16H2/t22-,23+/m0/s1. The van der Waals surface area contributed by atoms with Crippen molar-refractivity contribution >= 4 is 11.6 Å². The molecule has 0 heterocycles. The Labute approximate surface area is 156 Å². The van der Waals surface area contributed by atoms with Crippen LogP contribution in [0.3, 0.4) is 0 Å². The van der Waals surface area contributed by atoms with Gasteiger partial charge in [0.2, 0.25) is 0 Å². The number of hydrogen-bond donors (Lipinski definition) is 1. The predicted molar refractivity (Wildman–Crippen MR) is 107 cm³/mol. The zero-order valence-corrected chi connectivity index (χ0v) is 15.6. The van der Waals surface area contributed by atoms with E-state index in [1.54, 1.807) is 0 Å². The Morgan fingerprint density at radius 2 is 1.72 bits per heavy atom. The molecule has 2 aromatic rings. The third-order valence-corrected chi connectivity index (χ3v) is 6.21. The van der Waals surface area contributed by atoms with Crippen LogP contribution >= 0.6 is 11.6 Å². The molecule has 1 N–H and O–H groups in total. The van der Waals surface area contributed by atoms with Crippen molar-refractivity contribution in [2.24, 2.45) is 5.92 Å². The first kappa shape index (κ1) is 17.1. The summed E-state index contributed by atoms with van der Waals surface area (Å²) in [5, 5.41) is 4.59. The summed E-state index contributed by atoms with van der Waals surface area (Å²) in [6.07, 6.45) is 9.95. The zero-order chi connectivity index (χ0) is 17.1. The van der Waals surface area contributed by atoms with Crippen molar-refractivity contribution in [3.05, 3.63) is 59.1 Å². The van der Waals surface area contributed by atoms with Crippen LogP contribution in [0.4, 0.5) is 0 Å². The van der Waals surface area contributed by atoms with Crippen LogP contribution in [-0.2, 0) is 0 Å². The van der Waals surface area contributed by atoms with Gasteiger partial charge >= 0.3 is 0 Å². The molecule has 2 atom stereocenters. The first-order valence-corrected chi connectivity index (χ1v) is 10.3. The van der Waals surface area contributed by atoms with E-state index in [1.807, 2.05) is 18.2 Å². The van der Waals surface area contributed by atoms with Gasteiger partial charge in [-0.2, -0.15) is 0 Å². The van der Waals surface area contributed by atoms with E-state index < -0.39 is 0 Å². The molecule has 0 unspecified atom stereocenters. The van der Waals surface area contributed by atoms with Gasteiger partial charge in [-0.3, -0.25) is 0 Å². The molecule has 25 heavy (non-hydrogen) atoms. The molecule has 1 nitrogen and oxygen atoms in total. The van der Waals surface area contributed by atoms with E-state index in [0.29, 0.717) is 12.0 Å². The second-order valence-electron chi connectivity index (χ2n) is 7.83. The summed E-state index contributed by atoms with van der Waals surface area (Å²) >= 11 is 6.10.